The van der Waals surface area contributed by atoms with E-state index in [0.717, 1.165) is 25.2 Å². The third kappa shape index (κ3) is 2.82. The van der Waals surface area contributed by atoms with Gasteiger partial charge in [0.25, 0.3) is 0 Å². The molecule has 12 heavy (non-hydrogen) atoms. The van der Waals surface area contributed by atoms with Gasteiger partial charge < -0.3 is 0 Å². The summed E-state index contributed by atoms with van der Waals surface area (Å²) in [5.41, 5.74) is 1.31. The van der Waals surface area contributed by atoms with Crippen LogP contribution in [0.5, 0.6) is 0 Å². The topological polar surface area (TPSA) is 0 Å². The van der Waals surface area contributed by atoms with Crippen molar-refractivity contribution in [3.63, 3.8) is 0 Å². The van der Waals surface area contributed by atoms with Crippen LogP contribution in [0.4, 0.5) is 0 Å². The summed E-state index contributed by atoms with van der Waals surface area (Å²) >= 11 is 13.8. The zero-order chi connectivity index (χ0) is 9.14. The smallest absolute Gasteiger partial charge is 0.0459 e. The molecule has 0 aromatic heterocycles. The van der Waals surface area contributed by atoms with Crippen LogP contribution < -0.4 is 0 Å². The number of halogens is 4. The molecule has 1 aromatic carbocycles. The summed E-state index contributed by atoms with van der Waals surface area (Å²) in [5.74, 6) is 0. The lowest BCUT2D eigenvalue weighted by atomic mass is 10.2. The highest BCUT2D eigenvalue weighted by Gasteiger charge is 2.03. The Balaban J connectivity index is 3.04. The molecule has 0 aliphatic rings. The van der Waals surface area contributed by atoms with E-state index in [-0.39, 0.29) is 0 Å². The van der Waals surface area contributed by atoms with Gasteiger partial charge in [-0.25, -0.2) is 0 Å². The van der Waals surface area contributed by atoms with Crippen molar-refractivity contribution >= 4 is 63.7 Å². The summed E-state index contributed by atoms with van der Waals surface area (Å²) in [7, 11) is 0. The van der Waals surface area contributed by atoms with Gasteiger partial charge in [0, 0.05) is 18.7 Å². The van der Waals surface area contributed by atoms with Crippen molar-refractivity contribution in [3.8, 4) is 0 Å². The minimum Gasteiger partial charge on any atom is -0.0924 e. The highest BCUT2D eigenvalue weighted by Crippen LogP contribution is 2.32. The summed E-state index contributed by atoms with van der Waals surface area (Å²) in [6.45, 7) is 0. The van der Waals surface area contributed by atoms with E-state index in [1.165, 1.54) is 5.56 Å². The number of alkyl halides is 1. The highest BCUT2D eigenvalue weighted by molar-refractivity contribution is 9.14. The summed E-state index contributed by atoms with van der Waals surface area (Å²) in [6.07, 6.45) is 1.05. The normalized spacial score (nSPS) is 10.3. The largest absolute Gasteiger partial charge is 0.0924 e. The minimum atomic E-state index is 0.994. The van der Waals surface area contributed by atoms with Gasteiger partial charge in [0.05, 0.1) is 0 Å². The lowest BCUT2D eigenvalue weighted by molar-refractivity contribution is 1.16. The molecule has 0 spiro atoms. The molecule has 0 radical (unpaired) electrons. The van der Waals surface area contributed by atoms with E-state index in [2.05, 4.69) is 75.9 Å². The molecule has 0 fully saturated rings. The first-order chi connectivity index (χ1) is 5.65. The second-order valence-electron chi connectivity index (χ2n) is 2.31. The van der Waals surface area contributed by atoms with E-state index in [1.54, 1.807) is 0 Å². The molecule has 0 bridgehead atoms. The Labute approximate surface area is 106 Å². The third-order valence-corrected chi connectivity index (χ3v) is 4.99. The van der Waals surface area contributed by atoms with Crippen LogP contribution in [0.1, 0.15) is 5.56 Å². The lowest BCUT2D eigenvalue weighted by Crippen LogP contribution is -1.86. The van der Waals surface area contributed by atoms with Crippen LogP contribution >= 0.6 is 63.7 Å². The number of rotatable bonds is 2. The van der Waals surface area contributed by atoms with Crippen molar-refractivity contribution in [2.24, 2.45) is 0 Å². The van der Waals surface area contributed by atoms with Gasteiger partial charge in [0.15, 0.2) is 0 Å². The predicted molar refractivity (Wildman–Crippen MR) is 67.0 cm³/mol. The van der Waals surface area contributed by atoms with E-state index in [1.807, 2.05) is 0 Å². The standard InChI is InChI=1S/C8H6Br4/c9-2-1-5-3-6(10)8(12)7(11)4-5/h3-4H,1-2H2. The molecule has 1 aromatic rings. The van der Waals surface area contributed by atoms with E-state index in [9.17, 15) is 0 Å². The molecule has 0 heterocycles. The Hall–Kier alpha value is 1.14. The number of hydrogen-bond acceptors (Lipinski definition) is 0. The summed E-state index contributed by atoms with van der Waals surface area (Å²) in [6, 6.07) is 4.24. The molecule has 0 aliphatic carbocycles. The summed E-state index contributed by atoms with van der Waals surface area (Å²) in [5, 5.41) is 0.994. The van der Waals surface area contributed by atoms with Crippen molar-refractivity contribution < 1.29 is 0 Å². The maximum atomic E-state index is 3.47. The van der Waals surface area contributed by atoms with Crippen molar-refractivity contribution in [2.75, 3.05) is 5.33 Å². The number of aryl methyl sites for hydroxylation is 1. The van der Waals surface area contributed by atoms with Crippen LogP contribution in [0.3, 0.4) is 0 Å². The zero-order valence-corrected chi connectivity index (χ0v) is 12.4. The summed E-state index contributed by atoms with van der Waals surface area (Å²) < 4.78 is 3.25. The van der Waals surface area contributed by atoms with Gasteiger partial charge in [-0.2, -0.15) is 0 Å². The molecule has 0 unspecified atom stereocenters. The maximum Gasteiger partial charge on any atom is 0.0459 e. The zero-order valence-electron chi connectivity index (χ0n) is 6.08. The molecule has 0 saturated heterocycles. The fourth-order valence-electron chi connectivity index (χ4n) is 0.861. The van der Waals surface area contributed by atoms with E-state index in [4.69, 9.17) is 0 Å². The Morgan fingerprint density at radius 1 is 1.00 bits per heavy atom. The molecule has 0 amide bonds. The molecule has 0 saturated carbocycles. The van der Waals surface area contributed by atoms with Crippen LogP contribution in [0.2, 0.25) is 0 Å². The van der Waals surface area contributed by atoms with Crippen LogP contribution in [0.15, 0.2) is 25.6 Å². The number of benzene rings is 1. The first-order valence-corrected chi connectivity index (χ1v) is 6.84. The molecule has 0 nitrogen and oxygen atoms in total. The summed E-state index contributed by atoms with van der Waals surface area (Å²) in [4.78, 5) is 0. The minimum absolute atomic E-state index is 0.994. The Kier molecular flexibility index (Phi) is 4.79. The number of hydrogen-bond donors (Lipinski definition) is 0. The van der Waals surface area contributed by atoms with Gasteiger partial charge in [-0.15, -0.1) is 0 Å². The first kappa shape index (κ1) is 11.2. The van der Waals surface area contributed by atoms with Crippen molar-refractivity contribution in [1.82, 2.24) is 0 Å². The van der Waals surface area contributed by atoms with Crippen LogP contribution in [0.25, 0.3) is 0 Å². The lowest BCUT2D eigenvalue weighted by Gasteiger charge is -2.03. The Morgan fingerprint density at radius 2 is 1.50 bits per heavy atom. The average molecular weight is 422 g/mol. The quantitative estimate of drug-likeness (QED) is 0.470. The molecule has 66 valence electrons. The van der Waals surface area contributed by atoms with E-state index < -0.39 is 0 Å². The predicted octanol–water partition coefficient (Wildman–Crippen LogP) is 4.91. The van der Waals surface area contributed by atoms with Gasteiger partial charge in [0.2, 0.25) is 0 Å². The van der Waals surface area contributed by atoms with Crippen LogP contribution in [-0.4, -0.2) is 5.33 Å². The van der Waals surface area contributed by atoms with Gasteiger partial charge in [-0.3, -0.25) is 0 Å². The van der Waals surface area contributed by atoms with Crippen LogP contribution in [0, 0.1) is 0 Å². The third-order valence-electron chi connectivity index (χ3n) is 1.43. The molecule has 1 rings (SSSR count). The molecular formula is C8H6Br4. The highest BCUT2D eigenvalue weighted by atomic mass is 79.9. The average Bonchev–Trinajstić information content (AvgIpc) is 2.01. The van der Waals surface area contributed by atoms with Crippen molar-refractivity contribution in [3.05, 3.63) is 31.1 Å². The van der Waals surface area contributed by atoms with Crippen LogP contribution in [-0.2, 0) is 6.42 Å². The fraction of sp³-hybridized carbons (Fsp3) is 0.250. The molecule has 0 aliphatic heterocycles. The maximum absolute atomic E-state index is 3.47. The van der Waals surface area contributed by atoms with Crippen molar-refractivity contribution in [2.45, 2.75) is 6.42 Å². The second kappa shape index (κ2) is 5.13. The van der Waals surface area contributed by atoms with E-state index >= 15 is 0 Å². The molecular weight excluding hydrogens is 416 g/mol. The Bertz CT molecular complexity index is 259. The van der Waals surface area contributed by atoms with Crippen molar-refractivity contribution in [1.29, 1.82) is 0 Å². The molecule has 4 heteroatoms. The first-order valence-electron chi connectivity index (χ1n) is 3.34. The second-order valence-corrected chi connectivity index (χ2v) is 5.61. The Morgan fingerprint density at radius 3 is 1.92 bits per heavy atom. The molecule has 0 N–H and O–H groups in total. The van der Waals surface area contributed by atoms with E-state index in [0.29, 0.717) is 0 Å². The molecule has 0 atom stereocenters. The van der Waals surface area contributed by atoms with Gasteiger partial charge in [-0.1, -0.05) is 15.9 Å². The van der Waals surface area contributed by atoms with Gasteiger partial charge in [0.1, 0.15) is 0 Å². The fourth-order valence-corrected chi connectivity index (χ4v) is 2.83. The van der Waals surface area contributed by atoms with Gasteiger partial charge >= 0.3 is 0 Å². The monoisotopic (exact) mass is 418 g/mol. The van der Waals surface area contributed by atoms with Gasteiger partial charge in [-0.05, 0) is 71.9 Å². The SMILES string of the molecule is BrCCc1cc(Br)c(Br)c(Br)c1.